The lowest BCUT2D eigenvalue weighted by atomic mass is 10.2. The molecule has 120 valence electrons. The van der Waals surface area contributed by atoms with Gasteiger partial charge in [-0.15, -0.1) is 0 Å². The lowest BCUT2D eigenvalue weighted by molar-refractivity contribution is -0.385. The Balaban J connectivity index is 2.19. The monoisotopic (exact) mass is 372 g/mol. The minimum absolute atomic E-state index is 0.0707. The van der Waals surface area contributed by atoms with Crippen LogP contribution in [0.25, 0.3) is 0 Å². The molecule has 0 N–H and O–H groups in total. The van der Waals surface area contributed by atoms with E-state index in [0.29, 0.717) is 21.2 Å². The van der Waals surface area contributed by atoms with E-state index in [1.807, 2.05) is 0 Å². The van der Waals surface area contributed by atoms with Crippen LogP contribution in [-0.4, -0.2) is 9.85 Å². The van der Waals surface area contributed by atoms with E-state index in [2.05, 4.69) is 0 Å². The highest BCUT2D eigenvalue weighted by atomic mass is 35.5. The smallest absolute Gasteiger partial charge is 0.258 e. The van der Waals surface area contributed by atoms with Gasteiger partial charge < -0.3 is 0 Å². The third kappa shape index (κ3) is 4.13. The Labute approximate surface area is 145 Å². The van der Waals surface area contributed by atoms with E-state index >= 15 is 0 Å². The molecule has 9 heteroatoms. The Morgan fingerprint density at radius 2 is 1.22 bits per heavy atom. The minimum Gasteiger partial charge on any atom is -0.258 e. The average Bonchev–Trinajstić information content (AvgIpc) is 2.49. The molecule has 23 heavy (non-hydrogen) atoms. The zero-order valence-corrected chi connectivity index (χ0v) is 13.9. The summed E-state index contributed by atoms with van der Waals surface area (Å²) < 4.78 is 0. The SMILES string of the molecule is O=[N+]([O-])c1cccc(Cl)c1CSCc1c(Cl)cccc1[N+](=O)[O-]. The Hall–Kier alpha value is -1.83. The van der Waals surface area contributed by atoms with Crippen molar-refractivity contribution >= 4 is 46.3 Å². The Morgan fingerprint density at radius 3 is 1.57 bits per heavy atom. The van der Waals surface area contributed by atoms with E-state index in [4.69, 9.17) is 23.2 Å². The van der Waals surface area contributed by atoms with Crippen LogP contribution in [0, 0.1) is 20.2 Å². The molecule has 2 aromatic carbocycles. The van der Waals surface area contributed by atoms with Crippen LogP contribution in [0.1, 0.15) is 11.1 Å². The van der Waals surface area contributed by atoms with E-state index < -0.39 is 9.85 Å². The molecular formula is C14H10Cl2N2O4S. The van der Waals surface area contributed by atoms with Crippen LogP contribution in [0.5, 0.6) is 0 Å². The number of nitro groups is 2. The lowest BCUT2D eigenvalue weighted by Gasteiger charge is -2.07. The maximum atomic E-state index is 11.0. The standard InChI is InChI=1S/C14H10Cl2N2O4S/c15-11-3-1-5-13(17(19)20)9(11)7-23-8-10-12(16)4-2-6-14(10)18(21)22/h1-6H,7-8H2. The molecule has 0 atom stereocenters. The number of hydrogen-bond donors (Lipinski definition) is 0. The molecule has 2 rings (SSSR count). The van der Waals surface area contributed by atoms with Gasteiger partial charge in [-0.25, -0.2) is 0 Å². The summed E-state index contributed by atoms with van der Waals surface area (Å²) in [6, 6.07) is 8.91. The molecule has 0 aliphatic carbocycles. The molecule has 0 heterocycles. The van der Waals surface area contributed by atoms with Crippen molar-refractivity contribution in [1.29, 1.82) is 0 Å². The van der Waals surface area contributed by atoms with Gasteiger partial charge in [0.1, 0.15) is 0 Å². The van der Waals surface area contributed by atoms with E-state index in [0.717, 1.165) is 0 Å². The first kappa shape index (κ1) is 17.5. The minimum atomic E-state index is -0.500. The number of thioether (sulfide) groups is 1. The summed E-state index contributed by atoms with van der Waals surface area (Å²) in [4.78, 5) is 21.1. The third-order valence-corrected chi connectivity index (χ3v) is 4.77. The maximum absolute atomic E-state index is 11.0. The summed E-state index contributed by atoms with van der Waals surface area (Å²) >= 11 is 13.3. The molecule has 0 radical (unpaired) electrons. The Kier molecular flexibility index (Phi) is 5.81. The third-order valence-electron chi connectivity index (χ3n) is 3.07. The van der Waals surface area contributed by atoms with Gasteiger partial charge in [0.2, 0.25) is 0 Å². The summed E-state index contributed by atoms with van der Waals surface area (Å²) in [5.41, 5.74) is 0.634. The largest absolute Gasteiger partial charge is 0.274 e. The number of benzene rings is 2. The predicted molar refractivity (Wildman–Crippen MR) is 91.2 cm³/mol. The van der Waals surface area contributed by atoms with Crippen molar-refractivity contribution < 1.29 is 9.85 Å². The number of nitrogens with zero attached hydrogens (tertiary/aromatic N) is 2. The maximum Gasteiger partial charge on any atom is 0.274 e. The molecule has 0 fully saturated rings. The van der Waals surface area contributed by atoms with Crippen molar-refractivity contribution in [3.8, 4) is 0 Å². The van der Waals surface area contributed by atoms with Crippen LogP contribution >= 0.6 is 35.0 Å². The van der Waals surface area contributed by atoms with Gasteiger partial charge in [-0.2, -0.15) is 11.8 Å². The van der Waals surface area contributed by atoms with Crippen LogP contribution in [0.15, 0.2) is 36.4 Å². The van der Waals surface area contributed by atoms with E-state index in [9.17, 15) is 20.2 Å². The molecule has 2 aromatic rings. The molecule has 0 bridgehead atoms. The fraction of sp³-hybridized carbons (Fsp3) is 0.143. The van der Waals surface area contributed by atoms with Gasteiger partial charge in [-0.05, 0) is 12.1 Å². The molecule has 0 saturated heterocycles. The number of nitro benzene ring substituents is 2. The summed E-state index contributed by atoms with van der Waals surface area (Å²) in [6.07, 6.45) is 0. The highest BCUT2D eigenvalue weighted by molar-refractivity contribution is 7.97. The van der Waals surface area contributed by atoms with Gasteiger partial charge in [0.05, 0.1) is 31.0 Å². The second-order valence-corrected chi connectivity index (χ2v) is 6.28. The zero-order chi connectivity index (χ0) is 17.0. The summed E-state index contributed by atoms with van der Waals surface area (Å²) in [5.74, 6) is 0.497. The van der Waals surface area contributed by atoms with Crippen LogP contribution in [0.3, 0.4) is 0 Å². The van der Waals surface area contributed by atoms with Crippen molar-refractivity contribution in [1.82, 2.24) is 0 Å². The van der Waals surface area contributed by atoms with Gasteiger partial charge in [-0.1, -0.05) is 35.3 Å². The van der Waals surface area contributed by atoms with Crippen LogP contribution in [0.4, 0.5) is 11.4 Å². The van der Waals surface area contributed by atoms with Crippen molar-refractivity contribution in [2.45, 2.75) is 11.5 Å². The number of hydrogen-bond acceptors (Lipinski definition) is 5. The van der Waals surface area contributed by atoms with E-state index in [1.54, 1.807) is 12.1 Å². The zero-order valence-electron chi connectivity index (χ0n) is 11.6. The molecule has 0 saturated carbocycles. The van der Waals surface area contributed by atoms with Crippen molar-refractivity contribution in [2.24, 2.45) is 0 Å². The number of halogens is 2. The Bertz CT molecular complexity index is 707. The van der Waals surface area contributed by atoms with Crippen LogP contribution in [-0.2, 0) is 11.5 Å². The van der Waals surface area contributed by atoms with Crippen molar-refractivity contribution in [2.75, 3.05) is 0 Å². The molecule has 0 aliphatic rings. The lowest BCUT2D eigenvalue weighted by Crippen LogP contribution is -1.97. The molecule has 0 aromatic heterocycles. The highest BCUT2D eigenvalue weighted by Gasteiger charge is 2.19. The number of rotatable bonds is 6. The second kappa shape index (κ2) is 7.63. The molecule has 0 aliphatic heterocycles. The summed E-state index contributed by atoms with van der Waals surface area (Å²) in [6.45, 7) is 0. The molecule has 0 unspecified atom stereocenters. The van der Waals surface area contributed by atoms with Crippen LogP contribution in [0.2, 0.25) is 10.0 Å². The molecule has 0 amide bonds. The molecular weight excluding hydrogens is 363 g/mol. The molecule has 0 spiro atoms. The van der Waals surface area contributed by atoms with Crippen molar-refractivity contribution in [3.63, 3.8) is 0 Å². The van der Waals surface area contributed by atoms with Gasteiger partial charge in [0, 0.05) is 23.6 Å². The van der Waals surface area contributed by atoms with E-state index in [-0.39, 0.29) is 22.9 Å². The highest BCUT2D eigenvalue weighted by Crippen LogP contribution is 2.34. The fourth-order valence-electron chi connectivity index (χ4n) is 1.98. The first-order chi connectivity index (χ1) is 10.9. The van der Waals surface area contributed by atoms with Gasteiger partial charge in [0.15, 0.2) is 0 Å². The predicted octanol–water partition coefficient (Wildman–Crippen LogP) is 5.24. The first-order valence-corrected chi connectivity index (χ1v) is 8.24. The van der Waals surface area contributed by atoms with Crippen molar-refractivity contribution in [3.05, 3.63) is 77.8 Å². The first-order valence-electron chi connectivity index (χ1n) is 6.33. The van der Waals surface area contributed by atoms with Crippen LogP contribution < -0.4 is 0 Å². The summed E-state index contributed by atoms with van der Waals surface area (Å²) in [5, 5.41) is 22.6. The normalized spacial score (nSPS) is 10.5. The van der Waals surface area contributed by atoms with Gasteiger partial charge >= 0.3 is 0 Å². The summed E-state index contributed by atoms with van der Waals surface area (Å²) in [7, 11) is 0. The topological polar surface area (TPSA) is 86.3 Å². The Morgan fingerprint density at radius 1 is 0.826 bits per heavy atom. The fourth-order valence-corrected chi connectivity index (χ4v) is 3.73. The van der Waals surface area contributed by atoms with Gasteiger partial charge in [0.25, 0.3) is 11.4 Å². The average molecular weight is 373 g/mol. The second-order valence-electron chi connectivity index (χ2n) is 4.48. The van der Waals surface area contributed by atoms with Gasteiger partial charge in [-0.3, -0.25) is 20.2 Å². The molecule has 6 nitrogen and oxygen atoms in total. The quantitative estimate of drug-likeness (QED) is 0.510. The van der Waals surface area contributed by atoms with E-state index in [1.165, 1.54) is 36.0 Å².